The molecule has 0 saturated carbocycles. The highest BCUT2D eigenvalue weighted by Gasteiger charge is 2.03. The molecule has 1 unspecified atom stereocenters. The number of allylic oxidation sites excluding steroid dienone is 2. The van der Waals surface area contributed by atoms with Crippen LogP contribution < -0.4 is 0 Å². The summed E-state index contributed by atoms with van der Waals surface area (Å²) >= 11 is 0. The molecule has 0 aromatic heterocycles. The normalized spacial score (nSPS) is 8.63. The van der Waals surface area contributed by atoms with Gasteiger partial charge in [0.25, 0.3) is 0 Å². The molecule has 0 aliphatic rings. The maximum absolute atomic E-state index is 3.78. The van der Waals surface area contributed by atoms with Crippen molar-refractivity contribution in [2.24, 2.45) is 5.92 Å². The third kappa shape index (κ3) is 41.2. The summed E-state index contributed by atoms with van der Waals surface area (Å²) in [5.74, 6) is 1.33. The van der Waals surface area contributed by atoms with Gasteiger partial charge in [-0.2, -0.15) is 0 Å². The Balaban J connectivity index is -0.0000000799. The minimum atomic E-state index is 0.593. The van der Waals surface area contributed by atoms with Gasteiger partial charge < -0.3 is 0 Å². The molecule has 0 heteroatoms. The van der Waals surface area contributed by atoms with Gasteiger partial charge in [-0.1, -0.05) is 139 Å². The van der Waals surface area contributed by atoms with Gasteiger partial charge in [0.15, 0.2) is 0 Å². The molecule has 1 rings (SSSR count). The van der Waals surface area contributed by atoms with Crippen LogP contribution in [0.3, 0.4) is 0 Å². The number of rotatable bonds is 6. The molecule has 0 N–H and O–H groups in total. The molecule has 0 amide bonds. The number of unbranched alkanes of at least 4 members (excludes halogenated alkanes) is 1. The summed E-state index contributed by atoms with van der Waals surface area (Å²) in [7, 11) is 0. The van der Waals surface area contributed by atoms with Crippen molar-refractivity contribution in [1.29, 1.82) is 0 Å². The fourth-order valence-electron chi connectivity index (χ4n) is 1.84. The molecule has 0 saturated heterocycles. The van der Waals surface area contributed by atoms with E-state index >= 15 is 0 Å². The van der Waals surface area contributed by atoms with Crippen LogP contribution in [0.25, 0.3) is 0 Å². The summed E-state index contributed by atoms with van der Waals surface area (Å²) in [4.78, 5) is 0. The Morgan fingerprint density at radius 2 is 1.07 bits per heavy atom. The largest absolute Gasteiger partial charge is 0.103 e. The first-order valence-corrected chi connectivity index (χ1v) is 12.7. The van der Waals surface area contributed by atoms with Crippen molar-refractivity contribution >= 4 is 0 Å². The second-order valence-corrected chi connectivity index (χ2v) is 6.17. The lowest BCUT2D eigenvalue weighted by Gasteiger charge is -2.11. The molecular formula is C30H62. The monoisotopic (exact) mass is 422 g/mol. The van der Waals surface area contributed by atoms with Crippen molar-refractivity contribution in [1.82, 2.24) is 0 Å². The first-order valence-electron chi connectivity index (χ1n) is 12.7. The van der Waals surface area contributed by atoms with Gasteiger partial charge in [0.05, 0.1) is 0 Å². The lowest BCUT2D eigenvalue weighted by atomic mass is 9.95. The van der Waals surface area contributed by atoms with E-state index < -0.39 is 0 Å². The Hall–Kier alpha value is -1.30. The molecule has 0 fully saturated rings. The highest BCUT2D eigenvalue weighted by Crippen LogP contribution is 2.20. The van der Waals surface area contributed by atoms with Gasteiger partial charge in [-0.05, 0) is 42.7 Å². The summed E-state index contributed by atoms with van der Waals surface area (Å²) in [6.45, 7) is 36.2. The van der Waals surface area contributed by atoms with E-state index in [4.69, 9.17) is 0 Å². The molecule has 0 heterocycles. The lowest BCUT2D eigenvalue weighted by molar-refractivity contribution is 0.646. The Morgan fingerprint density at radius 1 is 0.733 bits per heavy atom. The molecule has 0 aliphatic heterocycles. The Labute approximate surface area is 195 Å². The van der Waals surface area contributed by atoms with Crippen molar-refractivity contribution in [3.8, 4) is 0 Å². The third-order valence-corrected chi connectivity index (χ3v) is 3.21. The molecule has 1 aromatic carbocycles. The van der Waals surface area contributed by atoms with E-state index in [1.807, 2.05) is 68.4 Å². The average Bonchev–Trinajstić information content (AvgIpc) is 2.80. The van der Waals surface area contributed by atoms with Crippen LogP contribution in [-0.4, -0.2) is 0 Å². The minimum absolute atomic E-state index is 0.593. The summed E-state index contributed by atoms with van der Waals surface area (Å²) in [5.41, 5.74) is 2.86. The van der Waals surface area contributed by atoms with Crippen LogP contribution in [0.5, 0.6) is 0 Å². The molecule has 30 heavy (non-hydrogen) atoms. The van der Waals surface area contributed by atoms with Crippen molar-refractivity contribution in [3.05, 3.63) is 60.7 Å². The van der Waals surface area contributed by atoms with Crippen molar-refractivity contribution in [2.75, 3.05) is 0 Å². The fraction of sp³-hybridized carbons (Fsp3) is 0.667. The smallest absolute Gasteiger partial charge is 0.0156 e. The predicted molar refractivity (Wildman–Crippen MR) is 150 cm³/mol. The maximum Gasteiger partial charge on any atom is -0.0156 e. The summed E-state index contributed by atoms with van der Waals surface area (Å²) in [6, 6.07) is 9.03. The highest BCUT2D eigenvalue weighted by atomic mass is 14.1. The van der Waals surface area contributed by atoms with Gasteiger partial charge in [-0.15, -0.1) is 13.2 Å². The van der Waals surface area contributed by atoms with Gasteiger partial charge in [0.1, 0.15) is 0 Å². The van der Waals surface area contributed by atoms with Crippen molar-refractivity contribution in [2.45, 2.75) is 129 Å². The van der Waals surface area contributed by atoms with Crippen molar-refractivity contribution in [3.63, 3.8) is 0 Å². The number of hydrogen-bond acceptors (Lipinski definition) is 0. The maximum atomic E-state index is 3.78. The van der Waals surface area contributed by atoms with Crippen LogP contribution in [-0.2, 0) is 6.42 Å². The SMILES string of the molecule is C=CC.C=CCC(C)c1ccc(CC(C)C)cc1.CC.CC.CC.CC.CCCC. The highest BCUT2D eigenvalue weighted by molar-refractivity contribution is 5.25. The van der Waals surface area contributed by atoms with Crippen LogP contribution in [0.15, 0.2) is 49.6 Å². The van der Waals surface area contributed by atoms with E-state index in [0.29, 0.717) is 5.92 Å². The van der Waals surface area contributed by atoms with E-state index in [9.17, 15) is 0 Å². The topological polar surface area (TPSA) is 0 Å². The zero-order valence-electron chi connectivity index (χ0n) is 23.9. The van der Waals surface area contributed by atoms with Crippen molar-refractivity contribution < 1.29 is 0 Å². The van der Waals surface area contributed by atoms with Crippen LogP contribution >= 0.6 is 0 Å². The summed E-state index contributed by atoms with van der Waals surface area (Å²) in [5, 5.41) is 0. The van der Waals surface area contributed by atoms with Crippen LogP contribution in [0.1, 0.15) is 133 Å². The van der Waals surface area contributed by atoms with Crippen LogP contribution in [0.4, 0.5) is 0 Å². The van der Waals surface area contributed by atoms with E-state index in [1.54, 1.807) is 6.08 Å². The quantitative estimate of drug-likeness (QED) is 0.400. The Kier molecular flexibility index (Phi) is 65.6. The van der Waals surface area contributed by atoms with E-state index in [2.05, 4.69) is 72.0 Å². The summed E-state index contributed by atoms with van der Waals surface area (Å²) in [6.07, 6.45) is 8.62. The molecule has 182 valence electrons. The standard InChI is InChI=1S/C15H22.C4H10.C3H6.4C2H6/c1-5-6-13(4)15-9-7-14(8-10-15)11-12(2)3;1-3-4-2;1-3-2;4*1-2/h5,7-10,12-13H,1,6,11H2,2-4H3;3-4H2,1-2H3;3H,1H2,2H3;4*1-2H3. The second-order valence-electron chi connectivity index (χ2n) is 6.17. The van der Waals surface area contributed by atoms with Gasteiger partial charge in [-0.25, -0.2) is 0 Å². The van der Waals surface area contributed by atoms with Gasteiger partial charge in [0.2, 0.25) is 0 Å². The molecule has 1 aromatic rings. The van der Waals surface area contributed by atoms with E-state index in [0.717, 1.165) is 12.3 Å². The van der Waals surface area contributed by atoms with Gasteiger partial charge in [0, 0.05) is 0 Å². The van der Waals surface area contributed by atoms with Crippen LogP contribution in [0.2, 0.25) is 0 Å². The van der Waals surface area contributed by atoms with E-state index in [1.165, 1.54) is 30.4 Å². The average molecular weight is 423 g/mol. The lowest BCUT2D eigenvalue weighted by Crippen LogP contribution is -1.96. The van der Waals surface area contributed by atoms with E-state index in [-0.39, 0.29) is 0 Å². The zero-order valence-corrected chi connectivity index (χ0v) is 23.9. The molecule has 0 nitrogen and oxygen atoms in total. The Morgan fingerprint density at radius 3 is 1.30 bits per heavy atom. The van der Waals surface area contributed by atoms with Gasteiger partial charge in [-0.3, -0.25) is 0 Å². The predicted octanol–water partition coefficient (Wildman–Crippen LogP) is 11.7. The third-order valence-electron chi connectivity index (χ3n) is 3.21. The van der Waals surface area contributed by atoms with Crippen LogP contribution in [0, 0.1) is 5.92 Å². The molecule has 0 bridgehead atoms. The number of benzene rings is 1. The molecule has 1 atom stereocenters. The Bertz CT molecular complexity index is 354. The molecule has 0 radical (unpaired) electrons. The first kappa shape index (κ1) is 42.7. The zero-order chi connectivity index (χ0) is 25.4. The fourth-order valence-corrected chi connectivity index (χ4v) is 1.84. The second kappa shape index (κ2) is 46.1. The molecular weight excluding hydrogens is 360 g/mol. The first-order chi connectivity index (χ1) is 14.5. The summed E-state index contributed by atoms with van der Waals surface area (Å²) < 4.78 is 0. The molecule has 0 spiro atoms. The number of hydrogen-bond donors (Lipinski definition) is 0. The molecule has 0 aliphatic carbocycles. The van der Waals surface area contributed by atoms with Gasteiger partial charge >= 0.3 is 0 Å². The minimum Gasteiger partial charge on any atom is -0.103 e.